The Kier molecular flexibility index (Phi) is 10.5. The maximum Gasteiger partial charge on any atom is 0.168 e. The maximum absolute atomic E-state index is 13.0. The molecule has 0 heterocycles. The molecule has 0 radical (unpaired) electrons. The number of rotatable bonds is 7. The standard InChI is InChI=1S/C25H37NO3/c1-3-14-22(26-29-17-4-2)25-23(27)18-21(19-24(25)28)20-15-12-10-8-6-5-7-9-11-13-16-20/h4,6,8-9,11,20-21,27H,2-3,5,7,10,12-19H2,1H3/b8-6+,11-9+,26-22-. The predicted octanol–water partition coefficient (Wildman–Crippen LogP) is 6.61. The summed E-state index contributed by atoms with van der Waals surface area (Å²) in [7, 11) is 0. The minimum absolute atomic E-state index is 0.00899. The molecule has 0 aromatic carbocycles. The third kappa shape index (κ3) is 7.68. The summed E-state index contributed by atoms with van der Waals surface area (Å²) in [5, 5.41) is 14.9. The Hall–Kier alpha value is -2.10. The molecule has 4 nitrogen and oxygen atoms in total. The van der Waals surface area contributed by atoms with Crippen molar-refractivity contribution < 1.29 is 14.7 Å². The zero-order valence-electron chi connectivity index (χ0n) is 17.9. The topological polar surface area (TPSA) is 58.9 Å². The monoisotopic (exact) mass is 399 g/mol. The number of hydrogen-bond acceptors (Lipinski definition) is 4. The van der Waals surface area contributed by atoms with Crippen LogP contribution in [0, 0.1) is 11.8 Å². The minimum atomic E-state index is 0.00899. The quantitative estimate of drug-likeness (QED) is 0.227. The van der Waals surface area contributed by atoms with Gasteiger partial charge in [-0.25, -0.2) is 0 Å². The summed E-state index contributed by atoms with van der Waals surface area (Å²) < 4.78 is 0. The molecule has 0 amide bonds. The van der Waals surface area contributed by atoms with E-state index in [4.69, 9.17) is 4.84 Å². The van der Waals surface area contributed by atoms with Gasteiger partial charge in [0.1, 0.15) is 12.4 Å². The average Bonchev–Trinajstić information content (AvgIpc) is 2.68. The van der Waals surface area contributed by atoms with E-state index in [2.05, 4.69) is 36.0 Å². The van der Waals surface area contributed by atoms with E-state index in [1.807, 2.05) is 6.92 Å². The van der Waals surface area contributed by atoms with Crippen molar-refractivity contribution in [1.29, 1.82) is 0 Å². The van der Waals surface area contributed by atoms with Crippen LogP contribution >= 0.6 is 0 Å². The van der Waals surface area contributed by atoms with Crippen LogP contribution in [0.3, 0.4) is 0 Å². The number of nitrogens with zero attached hydrogens (tertiary/aromatic N) is 1. The lowest BCUT2D eigenvalue weighted by atomic mass is 9.74. The van der Waals surface area contributed by atoms with Crippen LogP contribution in [0.15, 0.2) is 53.4 Å². The van der Waals surface area contributed by atoms with E-state index in [-0.39, 0.29) is 17.5 Å². The van der Waals surface area contributed by atoms with Crippen molar-refractivity contribution in [3.63, 3.8) is 0 Å². The smallest absolute Gasteiger partial charge is 0.168 e. The molecule has 0 aromatic heterocycles. The van der Waals surface area contributed by atoms with Crippen LogP contribution in [0.2, 0.25) is 0 Å². The van der Waals surface area contributed by atoms with Gasteiger partial charge >= 0.3 is 0 Å². The number of Topliss-reactive ketones (excluding diaryl/α,β-unsaturated/α-hetero) is 1. The number of aliphatic hydroxyl groups excluding tert-OH is 1. The molecule has 0 saturated heterocycles. The fourth-order valence-electron chi connectivity index (χ4n) is 4.29. The summed E-state index contributed by atoms with van der Waals surface area (Å²) in [6.45, 7) is 5.94. The molecule has 2 atom stereocenters. The van der Waals surface area contributed by atoms with Gasteiger partial charge < -0.3 is 9.94 Å². The van der Waals surface area contributed by atoms with Crippen molar-refractivity contribution in [2.24, 2.45) is 17.0 Å². The first-order valence-corrected chi connectivity index (χ1v) is 11.2. The molecule has 0 saturated carbocycles. The summed E-state index contributed by atoms with van der Waals surface area (Å²) in [5.41, 5.74) is 0.963. The summed E-state index contributed by atoms with van der Waals surface area (Å²) >= 11 is 0. The van der Waals surface area contributed by atoms with Gasteiger partial charge in [0.05, 0.1) is 11.3 Å². The molecule has 160 valence electrons. The summed E-state index contributed by atoms with van der Waals surface area (Å²) in [4.78, 5) is 18.2. The highest BCUT2D eigenvalue weighted by Gasteiger charge is 2.34. The van der Waals surface area contributed by atoms with Crippen LogP contribution in [-0.4, -0.2) is 23.2 Å². The molecule has 2 aliphatic rings. The molecule has 0 fully saturated rings. The summed E-state index contributed by atoms with van der Waals surface area (Å²) in [6, 6.07) is 0. The number of aliphatic hydroxyl groups is 1. The van der Waals surface area contributed by atoms with E-state index in [1.54, 1.807) is 6.08 Å². The van der Waals surface area contributed by atoms with Gasteiger partial charge in [-0.2, -0.15) is 0 Å². The molecular formula is C25H37NO3. The highest BCUT2D eigenvalue weighted by atomic mass is 16.6. The van der Waals surface area contributed by atoms with E-state index in [0.717, 1.165) is 51.4 Å². The van der Waals surface area contributed by atoms with Crippen molar-refractivity contribution >= 4 is 11.5 Å². The molecule has 1 N–H and O–H groups in total. The Bertz CT molecular complexity index is 657. The number of hydrogen-bond donors (Lipinski definition) is 1. The zero-order chi connectivity index (χ0) is 20.9. The highest BCUT2D eigenvalue weighted by molar-refractivity contribution is 6.23. The largest absolute Gasteiger partial charge is 0.511 e. The van der Waals surface area contributed by atoms with Gasteiger partial charge in [-0.3, -0.25) is 4.79 Å². The van der Waals surface area contributed by atoms with Crippen molar-refractivity contribution in [1.82, 2.24) is 0 Å². The van der Waals surface area contributed by atoms with Gasteiger partial charge in [-0.1, -0.05) is 55.5 Å². The number of oxime groups is 1. The van der Waals surface area contributed by atoms with Gasteiger partial charge in [0.25, 0.3) is 0 Å². The first kappa shape index (κ1) is 23.2. The second-order valence-corrected chi connectivity index (χ2v) is 8.07. The van der Waals surface area contributed by atoms with E-state index in [9.17, 15) is 9.90 Å². The Labute approximate surface area is 176 Å². The molecule has 4 heteroatoms. The van der Waals surface area contributed by atoms with Crippen LogP contribution in [-0.2, 0) is 9.63 Å². The van der Waals surface area contributed by atoms with Gasteiger partial charge in [-0.15, -0.1) is 0 Å². The van der Waals surface area contributed by atoms with Crippen LogP contribution in [0.1, 0.15) is 77.6 Å². The summed E-state index contributed by atoms with van der Waals surface area (Å²) in [6.07, 6.45) is 20.9. The molecule has 2 aliphatic carbocycles. The lowest BCUT2D eigenvalue weighted by Gasteiger charge is -2.31. The van der Waals surface area contributed by atoms with Crippen LogP contribution in [0.5, 0.6) is 0 Å². The van der Waals surface area contributed by atoms with Gasteiger partial charge in [-0.05, 0) is 63.2 Å². The number of carbonyl (C=O) groups excluding carboxylic acids is 1. The Balaban J connectivity index is 2.13. The van der Waals surface area contributed by atoms with Crippen molar-refractivity contribution in [2.75, 3.05) is 6.61 Å². The first-order valence-electron chi connectivity index (χ1n) is 11.2. The number of allylic oxidation sites excluding steroid dienone is 6. The molecule has 29 heavy (non-hydrogen) atoms. The van der Waals surface area contributed by atoms with Crippen molar-refractivity contribution in [3.05, 3.63) is 48.3 Å². The van der Waals surface area contributed by atoms with E-state index in [0.29, 0.717) is 43.1 Å². The number of carbonyl (C=O) groups is 1. The molecule has 0 bridgehead atoms. The fourth-order valence-corrected chi connectivity index (χ4v) is 4.29. The van der Waals surface area contributed by atoms with E-state index in [1.165, 1.54) is 0 Å². The molecule has 2 rings (SSSR count). The summed E-state index contributed by atoms with van der Waals surface area (Å²) in [5.74, 6) is 0.879. The van der Waals surface area contributed by atoms with E-state index >= 15 is 0 Å². The molecule has 0 aromatic rings. The minimum Gasteiger partial charge on any atom is -0.511 e. The highest BCUT2D eigenvalue weighted by Crippen LogP contribution is 2.37. The second kappa shape index (κ2) is 13.2. The fraction of sp³-hybridized carbons (Fsp3) is 0.600. The Morgan fingerprint density at radius 2 is 1.86 bits per heavy atom. The predicted molar refractivity (Wildman–Crippen MR) is 120 cm³/mol. The zero-order valence-corrected chi connectivity index (χ0v) is 17.9. The Morgan fingerprint density at radius 1 is 1.14 bits per heavy atom. The molecule has 2 unspecified atom stereocenters. The molecule has 0 spiro atoms. The number of ketones is 1. The van der Waals surface area contributed by atoms with E-state index < -0.39 is 0 Å². The van der Waals surface area contributed by atoms with Crippen LogP contribution in [0.4, 0.5) is 0 Å². The first-order chi connectivity index (χ1) is 14.2. The average molecular weight is 400 g/mol. The van der Waals surface area contributed by atoms with Gasteiger partial charge in [0.15, 0.2) is 5.78 Å². The second-order valence-electron chi connectivity index (χ2n) is 8.07. The third-order valence-corrected chi connectivity index (χ3v) is 5.76. The lowest BCUT2D eigenvalue weighted by molar-refractivity contribution is -0.117. The lowest BCUT2D eigenvalue weighted by Crippen LogP contribution is -2.29. The SMILES string of the molecule is C=CCO/N=C(/CCC)C1=C(O)CC(C2CC/C=C/CC/C=C/CCC2)CC1=O. The molecular weight excluding hydrogens is 362 g/mol. The van der Waals surface area contributed by atoms with Gasteiger partial charge in [0.2, 0.25) is 0 Å². The normalized spacial score (nSPS) is 26.9. The van der Waals surface area contributed by atoms with Gasteiger partial charge in [0, 0.05) is 12.8 Å². The third-order valence-electron chi connectivity index (χ3n) is 5.76. The van der Waals surface area contributed by atoms with Crippen LogP contribution in [0.25, 0.3) is 0 Å². The maximum atomic E-state index is 13.0. The Morgan fingerprint density at radius 3 is 2.55 bits per heavy atom. The van der Waals surface area contributed by atoms with Crippen LogP contribution < -0.4 is 0 Å². The molecule has 0 aliphatic heterocycles. The van der Waals surface area contributed by atoms with Crippen molar-refractivity contribution in [2.45, 2.75) is 77.6 Å². The van der Waals surface area contributed by atoms with Crippen molar-refractivity contribution in [3.8, 4) is 0 Å².